The van der Waals surface area contributed by atoms with Gasteiger partial charge in [-0.15, -0.1) is 0 Å². The van der Waals surface area contributed by atoms with Gasteiger partial charge < -0.3 is 5.32 Å². The average molecular weight is 291 g/mol. The Kier molecular flexibility index (Phi) is 6.28. The van der Waals surface area contributed by atoms with E-state index >= 15 is 0 Å². The molecule has 3 heteroatoms. The monoisotopic (exact) mass is 291 g/mol. The van der Waals surface area contributed by atoms with Gasteiger partial charge in [-0.1, -0.05) is 26.7 Å². The van der Waals surface area contributed by atoms with Crippen LogP contribution in [0.5, 0.6) is 0 Å². The van der Waals surface area contributed by atoms with Crippen molar-refractivity contribution in [3.63, 3.8) is 0 Å². The van der Waals surface area contributed by atoms with Crippen molar-refractivity contribution >= 4 is 0 Å². The van der Waals surface area contributed by atoms with Gasteiger partial charge in [0.25, 0.3) is 0 Å². The lowest BCUT2D eigenvalue weighted by Crippen LogP contribution is -2.38. The summed E-state index contributed by atoms with van der Waals surface area (Å²) >= 11 is 0. The van der Waals surface area contributed by atoms with E-state index in [1.807, 2.05) is 0 Å². The third-order valence-electron chi connectivity index (χ3n) is 5.10. The van der Waals surface area contributed by atoms with Crippen LogP contribution in [0.15, 0.2) is 6.07 Å². The molecule has 1 aromatic heterocycles. The van der Waals surface area contributed by atoms with Gasteiger partial charge in [0, 0.05) is 24.7 Å². The topological polar surface area (TPSA) is 29.9 Å². The van der Waals surface area contributed by atoms with E-state index in [9.17, 15) is 0 Å². The summed E-state index contributed by atoms with van der Waals surface area (Å²) in [5, 5.41) is 8.43. The van der Waals surface area contributed by atoms with Gasteiger partial charge in [0.1, 0.15) is 0 Å². The molecule has 0 radical (unpaired) electrons. The summed E-state index contributed by atoms with van der Waals surface area (Å²) in [5.74, 6) is 1.81. The molecule has 21 heavy (non-hydrogen) atoms. The average Bonchev–Trinajstić information content (AvgIpc) is 3.09. The number of aromatic nitrogens is 2. The Bertz CT molecular complexity index is 424. The summed E-state index contributed by atoms with van der Waals surface area (Å²) in [6.45, 7) is 11.0. The highest BCUT2D eigenvalue weighted by Crippen LogP contribution is 2.35. The second-order valence-electron chi connectivity index (χ2n) is 6.70. The maximum atomic E-state index is 4.61. The minimum atomic E-state index is 0.628. The zero-order valence-electron chi connectivity index (χ0n) is 14.4. The minimum absolute atomic E-state index is 0.628. The first-order valence-corrected chi connectivity index (χ1v) is 8.94. The molecule has 3 nitrogen and oxygen atoms in total. The van der Waals surface area contributed by atoms with Crippen molar-refractivity contribution in [2.45, 2.75) is 78.8 Å². The fourth-order valence-electron chi connectivity index (χ4n) is 3.85. The first kappa shape index (κ1) is 16.5. The molecule has 0 aromatic carbocycles. The molecule has 0 spiro atoms. The van der Waals surface area contributed by atoms with Gasteiger partial charge in [0.2, 0.25) is 0 Å². The van der Waals surface area contributed by atoms with Crippen molar-refractivity contribution in [3.8, 4) is 0 Å². The van der Waals surface area contributed by atoms with Gasteiger partial charge in [0.15, 0.2) is 0 Å². The fourth-order valence-corrected chi connectivity index (χ4v) is 3.85. The van der Waals surface area contributed by atoms with Crippen LogP contribution in [-0.4, -0.2) is 22.4 Å². The first-order chi connectivity index (χ1) is 10.2. The Balaban J connectivity index is 2.05. The molecule has 1 N–H and O–H groups in total. The summed E-state index contributed by atoms with van der Waals surface area (Å²) in [7, 11) is 0. The number of nitrogens with one attached hydrogen (secondary N) is 1. The Morgan fingerprint density at radius 2 is 2.14 bits per heavy atom. The highest BCUT2D eigenvalue weighted by atomic mass is 15.3. The van der Waals surface area contributed by atoms with Crippen LogP contribution in [-0.2, 0) is 13.0 Å². The Morgan fingerprint density at radius 1 is 1.33 bits per heavy atom. The molecule has 1 saturated carbocycles. The maximum Gasteiger partial charge on any atom is 0.0596 e. The smallest absolute Gasteiger partial charge is 0.0596 e. The van der Waals surface area contributed by atoms with Crippen molar-refractivity contribution in [2.24, 2.45) is 11.8 Å². The Labute approximate surface area is 130 Å². The standard InChI is InChI=1S/C18H33N3/c1-5-10-19-18(16-9-8-15(6-2)12-16)13-17-11-14(4)20-21(17)7-3/h11,15-16,18-19H,5-10,12-13H2,1-4H3. The Morgan fingerprint density at radius 3 is 2.76 bits per heavy atom. The molecule has 2 rings (SSSR count). The SMILES string of the molecule is CCCNC(Cc1cc(C)nn1CC)C1CCC(CC)C1. The lowest BCUT2D eigenvalue weighted by molar-refractivity contribution is 0.338. The fraction of sp³-hybridized carbons (Fsp3) is 0.833. The van der Waals surface area contributed by atoms with E-state index in [4.69, 9.17) is 0 Å². The van der Waals surface area contributed by atoms with Crippen LogP contribution in [0.4, 0.5) is 0 Å². The van der Waals surface area contributed by atoms with Crippen LogP contribution in [0.25, 0.3) is 0 Å². The molecule has 1 fully saturated rings. The molecule has 120 valence electrons. The van der Waals surface area contributed by atoms with Crippen LogP contribution >= 0.6 is 0 Å². The molecule has 0 aliphatic heterocycles. The van der Waals surface area contributed by atoms with Crippen molar-refractivity contribution < 1.29 is 0 Å². The molecule has 3 atom stereocenters. The van der Waals surface area contributed by atoms with E-state index in [1.54, 1.807) is 0 Å². The summed E-state index contributed by atoms with van der Waals surface area (Å²) < 4.78 is 2.18. The third-order valence-corrected chi connectivity index (χ3v) is 5.10. The zero-order valence-corrected chi connectivity index (χ0v) is 14.4. The Hall–Kier alpha value is -0.830. The number of hydrogen-bond acceptors (Lipinski definition) is 2. The van der Waals surface area contributed by atoms with Crippen LogP contribution < -0.4 is 5.32 Å². The van der Waals surface area contributed by atoms with Gasteiger partial charge in [0.05, 0.1) is 5.69 Å². The molecule has 0 amide bonds. The summed E-state index contributed by atoms with van der Waals surface area (Å²) in [5.41, 5.74) is 2.56. The molecule has 0 bridgehead atoms. The lowest BCUT2D eigenvalue weighted by atomic mass is 9.92. The lowest BCUT2D eigenvalue weighted by Gasteiger charge is -2.25. The van der Waals surface area contributed by atoms with E-state index in [0.717, 1.165) is 37.0 Å². The molecule has 3 unspecified atom stereocenters. The number of aryl methyl sites for hydroxylation is 2. The quantitative estimate of drug-likeness (QED) is 0.786. The first-order valence-electron chi connectivity index (χ1n) is 8.94. The second kappa shape index (κ2) is 7.98. The molecular weight excluding hydrogens is 258 g/mol. The van der Waals surface area contributed by atoms with Gasteiger partial charge >= 0.3 is 0 Å². The van der Waals surface area contributed by atoms with Crippen molar-refractivity contribution in [3.05, 3.63) is 17.5 Å². The van der Waals surface area contributed by atoms with Crippen LogP contribution in [0.1, 0.15) is 64.3 Å². The number of rotatable bonds is 8. The molecule has 0 saturated heterocycles. The molecular formula is C18H33N3. The zero-order chi connectivity index (χ0) is 15.2. The van der Waals surface area contributed by atoms with E-state index < -0.39 is 0 Å². The highest BCUT2D eigenvalue weighted by Gasteiger charge is 2.30. The van der Waals surface area contributed by atoms with Crippen LogP contribution in [0, 0.1) is 18.8 Å². The largest absolute Gasteiger partial charge is 0.313 e. The maximum absolute atomic E-state index is 4.61. The second-order valence-corrected chi connectivity index (χ2v) is 6.70. The van der Waals surface area contributed by atoms with Gasteiger partial charge in [-0.05, 0) is 57.6 Å². The predicted molar refractivity (Wildman–Crippen MR) is 89.5 cm³/mol. The van der Waals surface area contributed by atoms with E-state index in [2.05, 4.69) is 48.9 Å². The number of hydrogen-bond donors (Lipinski definition) is 1. The van der Waals surface area contributed by atoms with Crippen molar-refractivity contribution in [1.82, 2.24) is 15.1 Å². The highest BCUT2D eigenvalue weighted by molar-refractivity contribution is 5.11. The van der Waals surface area contributed by atoms with Crippen molar-refractivity contribution in [1.29, 1.82) is 0 Å². The van der Waals surface area contributed by atoms with Crippen LogP contribution in [0.2, 0.25) is 0 Å². The molecule has 1 aliphatic carbocycles. The summed E-state index contributed by atoms with van der Waals surface area (Å²) in [4.78, 5) is 0. The number of nitrogens with zero attached hydrogens (tertiary/aromatic N) is 2. The molecule has 1 aliphatic rings. The third kappa shape index (κ3) is 4.32. The van der Waals surface area contributed by atoms with Gasteiger partial charge in [-0.25, -0.2) is 0 Å². The molecule has 1 heterocycles. The van der Waals surface area contributed by atoms with Gasteiger partial charge in [-0.2, -0.15) is 5.10 Å². The van der Waals surface area contributed by atoms with Gasteiger partial charge in [-0.3, -0.25) is 4.68 Å². The molecule has 1 aromatic rings. The minimum Gasteiger partial charge on any atom is -0.313 e. The van der Waals surface area contributed by atoms with E-state index in [1.165, 1.54) is 37.8 Å². The summed E-state index contributed by atoms with van der Waals surface area (Å²) in [6, 6.07) is 2.90. The van der Waals surface area contributed by atoms with E-state index in [0.29, 0.717) is 6.04 Å². The van der Waals surface area contributed by atoms with Crippen molar-refractivity contribution in [2.75, 3.05) is 6.54 Å². The normalized spacial score (nSPS) is 23.6. The predicted octanol–water partition coefficient (Wildman–Crippen LogP) is 3.95. The summed E-state index contributed by atoms with van der Waals surface area (Å²) in [6.07, 6.45) is 7.94. The van der Waals surface area contributed by atoms with Crippen LogP contribution in [0.3, 0.4) is 0 Å². The van der Waals surface area contributed by atoms with E-state index in [-0.39, 0.29) is 0 Å².